The lowest BCUT2D eigenvalue weighted by Gasteiger charge is -2.20. The lowest BCUT2D eigenvalue weighted by Crippen LogP contribution is -2.37. The Balaban J connectivity index is 1.42. The molecule has 178 valence electrons. The zero-order chi connectivity index (χ0) is 24.8. The second-order valence-electron chi connectivity index (χ2n) is 7.96. The molecule has 3 aromatic carbocycles. The van der Waals surface area contributed by atoms with Crippen molar-refractivity contribution in [3.8, 4) is 28.7 Å². The number of aromatic nitrogens is 2. The van der Waals surface area contributed by atoms with Crippen LogP contribution in [0, 0.1) is 6.92 Å². The van der Waals surface area contributed by atoms with Gasteiger partial charge in [-0.2, -0.15) is 0 Å². The fourth-order valence-electron chi connectivity index (χ4n) is 3.57. The van der Waals surface area contributed by atoms with Crippen molar-refractivity contribution in [2.45, 2.75) is 13.8 Å². The molecule has 8 nitrogen and oxygen atoms in total. The maximum atomic E-state index is 13.0. The van der Waals surface area contributed by atoms with Crippen molar-refractivity contribution in [3.63, 3.8) is 0 Å². The molecule has 0 radical (unpaired) electrons. The summed E-state index contributed by atoms with van der Waals surface area (Å²) in [5, 5.41) is 11.1. The molecule has 1 N–H and O–H groups in total. The minimum absolute atomic E-state index is 0.0716. The number of aryl methyl sites for hydroxylation is 1. The summed E-state index contributed by atoms with van der Waals surface area (Å²) in [7, 11) is 1.56. The summed E-state index contributed by atoms with van der Waals surface area (Å²) < 4.78 is 11.0. The van der Waals surface area contributed by atoms with Crippen molar-refractivity contribution in [2.24, 2.45) is 0 Å². The van der Waals surface area contributed by atoms with E-state index in [1.807, 2.05) is 38.1 Å². The lowest BCUT2D eigenvalue weighted by molar-refractivity contribution is -0.116. The number of benzene rings is 3. The number of amides is 2. The van der Waals surface area contributed by atoms with E-state index in [4.69, 9.17) is 9.15 Å². The van der Waals surface area contributed by atoms with Gasteiger partial charge in [-0.15, -0.1) is 10.2 Å². The van der Waals surface area contributed by atoms with Crippen molar-refractivity contribution in [1.82, 2.24) is 15.1 Å². The summed E-state index contributed by atoms with van der Waals surface area (Å²) in [5.74, 6) is 0.901. The molecule has 0 fully saturated rings. The molecule has 0 bridgehead atoms. The maximum Gasteiger partial charge on any atom is 0.254 e. The first-order valence-corrected chi connectivity index (χ1v) is 11.2. The second kappa shape index (κ2) is 10.6. The minimum atomic E-state index is -0.292. The molecule has 0 saturated heterocycles. The molecule has 35 heavy (non-hydrogen) atoms. The number of nitrogens with zero attached hydrogens (tertiary/aromatic N) is 3. The van der Waals surface area contributed by atoms with Crippen molar-refractivity contribution >= 4 is 17.5 Å². The Morgan fingerprint density at radius 1 is 0.943 bits per heavy atom. The fourth-order valence-corrected chi connectivity index (χ4v) is 3.57. The molecular weight excluding hydrogens is 444 g/mol. The highest BCUT2D eigenvalue weighted by molar-refractivity contribution is 5.99. The van der Waals surface area contributed by atoms with Crippen molar-refractivity contribution in [1.29, 1.82) is 0 Å². The molecule has 0 spiro atoms. The number of likely N-dealkylation sites (N-methyl/N-ethyl adjacent to an activating group) is 1. The third-order valence-corrected chi connectivity index (χ3v) is 5.43. The number of methoxy groups -OCH3 is 1. The average Bonchev–Trinajstić information content (AvgIpc) is 3.37. The predicted octanol–water partition coefficient (Wildman–Crippen LogP) is 4.82. The Kier molecular flexibility index (Phi) is 7.21. The van der Waals surface area contributed by atoms with Gasteiger partial charge in [-0.25, -0.2) is 0 Å². The number of carbonyl (C=O) groups is 2. The summed E-state index contributed by atoms with van der Waals surface area (Å²) in [6.45, 7) is 4.14. The number of hydrogen-bond acceptors (Lipinski definition) is 6. The van der Waals surface area contributed by atoms with Crippen LogP contribution in [0.2, 0.25) is 0 Å². The normalized spacial score (nSPS) is 10.6. The molecule has 0 aliphatic heterocycles. The molecule has 0 aliphatic carbocycles. The summed E-state index contributed by atoms with van der Waals surface area (Å²) >= 11 is 0. The zero-order valence-corrected chi connectivity index (χ0v) is 19.8. The monoisotopic (exact) mass is 470 g/mol. The van der Waals surface area contributed by atoms with Gasteiger partial charge in [0.1, 0.15) is 12.3 Å². The Morgan fingerprint density at radius 2 is 1.66 bits per heavy atom. The third-order valence-electron chi connectivity index (χ3n) is 5.43. The van der Waals surface area contributed by atoms with Crippen LogP contribution in [0.25, 0.3) is 22.9 Å². The second-order valence-corrected chi connectivity index (χ2v) is 7.96. The molecule has 4 aromatic rings. The fraction of sp³-hybridized carbons (Fsp3) is 0.185. The largest absolute Gasteiger partial charge is 0.497 e. The molecule has 4 rings (SSSR count). The van der Waals surface area contributed by atoms with Gasteiger partial charge in [0.15, 0.2) is 0 Å². The van der Waals surface area contributed by atoms with E-state index in [2.05, 4.69) is 15.5 Å². The van der Waals surface area contributed by atoms with Crippen LogP contribution in [0.1, 0.15) is 22.8 Å². The Hall–Kier alpha value is -4.46. The summed E-state index contributed by atoms with van der Waals surface area (Å²) in [5.41, 5.74) is 3.71. The van der Waals surface area contributed by atoms with Gasteiger partial charge in [0.2, 0.25) is 17.7 Å². The van der Waals surface area contributed by atoms with Crippen LogP contribution in [-0.2, 0) is 4.79 Å². The first kappa shape index (κ1) is 23.7. The van der Waals surface area contributed by atoms with Gasteiger partial charge >= 0.3 is 0 Å². The summed E-state index contributed by atoms with van der Waals surface area (Å²) in [6.07, 6.45) is 0. The molecule has 0 atom stereocenters. The Labute approximate surface area is 203 Å². The van der Waals surface area contributed by atoms with Crippen LogP contribution < -0.4 is 10.1 Å². The van der Waals surface area contributed by atoms with Crippen LogP contribution in [-0.4, -0.2) is 47.1 Å². The highest BCUT2D eigenvalue weighted by Crippen LogP contribution is 2.25. The molecule has 0 aliphatic rings. The smallest absolute Gasteiger partial charge is 0.254 e. The number of nitrogens with one attached hydrogen (secondary N) is 1. The highest BCUT2D eigenvalue weighted by atomic mass is 16.5. The van der Waals surface area contributed by atoms with E-state index in [9.17, 15) is 9.59 Å². The number of carbonyl (C=O) groups excluding carboxylic acids is 2. The van der Waals surface area contributed by atoms with Crippen LogP contribution in [0.4, 0.5) is 5.69 Å². The van der Waals surface area contributed by atoms with Gasteiger partial charge in [0.05, 0.1) is 7.11 Å². The van der Waals surface area contributed by atoms with Gasteiger partial charge in [-0.3, -0.25) is 9.59 Å². The van der Waals surface area contributed by atoms with E-state index >= 15 is 0 Å². The Bertz CT molecular complexity index is 1330. The predicted molar refractivity (Wildman–Crippen MR) is 133 cm³/mol. The van der Waals surface area contributed by atoms with Crippen LogP contribution in [0.3, 0.4) is 0 Å². The summed E-state index contributed by atoms with van der Waals surface area (Å²) in [6, 6.07) is 21.8. The average molecular weight is 471 g/mol. The van der Waals surface area contributed by atoms with Gasteiger partial charge in [-0.05, 0) is 62.4 Å². The SMILES string of the molecule is CCN(CC(=O)Nc1cccc(OC)c1)C(=O)c1ccc(-c2nnc(-c3cccc(C)c3)o2)cc1. The van der Waals surface area contributed by atoms with E-state index in [1.165, 1.54) is 4.90 Å². The molecule has 8 heteroatoms. The molecule has 1 aromatic heterocycles. The number of rotatable bonds is 8. The first-order valence-electron chi connectivity index (χ1n) is 11.2. The van der Waals surface area contributed by atoms with Crippen molar-refractivity contribution in [3.05, 3.63) is 83.9 Å². The van der Waals surface area contributed by atoms with E-state index in [1.54, 1.807) is 55.6 Å². The van der Waals surface area contributed by atoms with Gasteiger partial charge in [-0.1, -0.05) is 23.8 Å². The van der Waals surface area contributed by atoms with E-state index in [0.717, 1.165) is 11.1 Å². The minimum Gasteiger partial charge on any atom is -0.497 e. The van der Waals surface area contributed by atoms with E-state index in [-0.39, 0.29) is 18.4 Å². The standard InChI is InChI=1S/C27H26N4O4/c1-4-31(17-24(32)28-22-9-6-10-23(16-22)34-3)27(33)20-13-11-19(12-14-20)25-29-30-26(35-25)21-8-5-7-18(2)15-21/h5-16H,4,17H2,1-3H3,(H,28,32). The van der Waals surface area contributed by atoms with Crippen molar-refractivity contribution < 1.29 is 18.7 Å². The number of ether oxygens (including phenoxy) is 1. The van der Waals surface area contributed by atoms with Crippen molar-refractivity contribution in [2.75, 3.05) is 25.5 Å². The van der Waals surface area contributed by atoms with E-state index < -0.39 is 0 Å². The lowest BCUT2D eigenvalue weighted by atomic mass is 10.1. The summed E-state index contributed by atoms with van der Waals surface area (Å²) in [4.78, 5) is 27.0. The molecular formula is C27H26N4O4. The molecule has 1 heterocycles. The van der Waals surface area contributed by atoms with Crippen LogP contribution in [0.15, 0.2) is 77.2 Å². The van der Waals surface area contributed by atoms with E-state index in [0.29, 0.717) is 40.9 Å². The van der Waals surface area contributed by atoms with Crippen LogP contribution >= 0.6 is 0 Å². The molecule has 0 unspecified atom stereocenters. The highest BCUT2D eigenvalue weighted by Gasteiger charge is 2.18. The quantitative estimate of drug-likeness (QED) is 0.396. The number of hydrogen-bond donors (Lipinski definition) is 1. The third kappa shape index (κ3) is 5.73. The topological polar surface area (TPSA) is 97.6 Å². The van der Waals surface area contributed by atoms with Crippen LogP contribution in [0.5, 0.6) is 5.75 Å². The first-order chi connectivity index (χ1) is 17.0. The maximum absolute atomic E-state index is 13.0. The Morgan fingerprint density at radius 3 is 2.34 bits per heavy atom. The molecule has 0 saturated carbocycles. The van der Waals surface area contributed by atoms with Gasteiger partial charge < -0.3 is 19.4 Å². The zero-order valence-electron chi connectivity index (χ0n) is 19.8. The van der Waals surface area contributed by atoms with Gasteiger partial charge in [0, 0.05) is 35.0 Å². The molecule has 2 amide bonds. The number of anilines is 1. The van der Waals surface area contributed by atoms with Gasteiger partial charge in [0.25, 0.3) is 5.91 Å².